The van der Waals surface area contributed by atoms with Crippen molar-refractivity contribution in [1.82, 2.24) is 0 Å². The van der Waals surface area contributed by atoms with Crippen LogP contribution in [0.2, 0.25) is 0 Å². The summed E-state index contributed by atoms with van der Waals surface area (Å²) in [6.07, 6.45) is 1.11. The molecule has 1 N–H and O–H groups in total. The molecule has 1 aliphatic rings. The van der Waals surface area contributed by atoms with Crippen LogP contribution in [-0.2, 0) is 6.42 Å². The first kappa shape index (κ1) is 6.10. The summed E-state index contributed by atoms with van der Waals surface area (Å²) in [6, 6.07) is 2.17. The maximum atomic E-state index is 7.43. The van der Waals surface area contributed by atoms with E-state index in [0.717, 1.165) is 12.1 Å². The van der Waals surface area contributed by atoms with Crippen molar-refractivity contribution < 1.29 is 0 Å². The second-order valence-electron chi connectivity index (χ2n) is 2.75. The molecule has 0 aromatic carbocycles. The van der Waals surface area contributed by atoms with Crippen molar-refractivity contribution in [2.45, 2.75) is 19.3 Å². The molecule has 10 heavy (non-hydrogen) atoms. The Bertz CT molecular complexity index is 275. The second kappa shape index (κ2) is 1.92. The van der Waals surface area contributed by atoms with Gasteiger partial charge in [0.2, 0.25) is 0 Å². The summed E-state index contributed by atoms with van der Waals surface area (Å²) >= 11 is 1.79. The second-order valence-corrected chi connectivity index (χ2v) is 3.70. The predicted molar refractivity (Wildman–Crippen MR) is 44.2 cm³/mol. The van der Waals surface area contributed by atoms with Crippen molar-refractivity contribution >= 4 is 17.0 Å². The molecular weight excluding hydrogens is 142 g/mol. The highest BCUT2D eigenvalue weighted by Gasteiger charge is 2.28. The van der Waals surface area contributed by atoms with E-state index in [1.807, 2.05) is 6.92 Å². The monoisotopic (exact) mass is 151 g/mol. The summed E-state index contributed by atoms with van der Waals surface area (Å²) in [5, 5.41) is 9.55. The van der Waals surface area contributed by atoms with Crippen LogP contribution in [0.3, 0.4) is 0 Å². The summed E-state index contributed by atoms with van der Waals surface area (Å²) in [6.45, 7) is 1.90. The average molecular weight is 151 g/mol. The van der Waals surface area contributed by atoms with Gasteiger partial charge in [0.1, 0.15) is 0 Å². The highest BCUT2D eigenvalue weighted by molar-refractivity contribution is 7.10. The summed E-state index contributed by atoms with van der Waals surface area (Å²) in [5.74, 6) is 0.468. The normalized spacial score (nSPS) is 21.5. The van der Waals surface area contributed by atoms with Gasteiger partial charge in [-0.15, -0.1) is 11.3 Å². The Kier molecular flexibility index (Phi) is 1.17. The van der Waals surface area contributed by atoms with E-state index in [2.05, 4.69) is 11.4 Å². The molecule has 52 valence electrons. The Hall–Kier alpha value is -0.630. The standard InChI is InChI=1S/C8H9NS/c1-5(9)7-4-6-2-3-10-8(6)7/h2-3,7,9H,4H2,1H3. The van der Waals surface area contributed by atoms with Crippen molar-refractivity contribution in [3.05, 3.63) is 21.9 Å². The lowest BCUT2D eigenvalue weighted by Crippen LogP contribution is -2.19. The lowest BCUT2D eigenvalue weighted by molar-refractivity contribution is 0.788. The van der Waals surface area contributed by atoms with Crippen LogP contribution >= 0.6 is 11.3 Å². The molecule has 1 aliphatic carbocycles. The van der Waals surface area contributed by atoms with Crippen molar-refractivity contribution in [1.29, 1.82) is 5.41 Å². The molecule has 0 saturated carbocycles. The van der Waals surface area contributed by atoms with Gasteiger partial charge in [0.05, 0.1) is 0 Å². The van der Waals surface area contributed by atoms with Crippen LogP contribution in [0.25, 0.3) is 0 Å². The number of thiophene rings is 1. The van der Waals surface area contributed by atoms with Crippen LogP contribution in [0.5, 0.6) is 0 Å². The third kappa shape index (κ3) is 0.655. The zero-order valence-corrected chi connectivity index (χ0v) is 6.66. The quantitative estimate of drug-likeness (QED) is 0.596. The van der Waals surface area contributed by atoms with E-state index in [9.17, 15) is 0 Å². The number of nitrogens with one attached hydrogen (secondary N) is 1. The molecule has 0 amide bonds. The van der Waals surface area contributed by atoms with E-state index in [1.165, 1.54) is 10.4 Å². The van der Waals surface area contributed by atoms with Gasteiger partial charge in [-0.05, 0) is 30.4 Å². The molecule has 0 aliphatic heterocycles. The van der Waals surface area contributed by atoms with Crippen molar-refractivity contribution in [2.24, 2.45) is 0 Å². The number of hydrogen-bond acceptors (Lipinski definition) is 2. The molecule has 0 fully saturated rings. The zero-order valence-electron chi connectivity index (χ0n) is 5.85. The number of rotatable bonds is 1. The molecule has 0 saturated heterocycles. The molecule has 0 radical (unpaired) electrons. The Labute approximate surface area is 64.2 Å². The Morgan fingerprint density at radius 1 is 1.80 bits per heavy atom. The third-order valence-corrected chi connectivity index (χ3v) is 3.12. The van der Waals surface area contributed by atoms with Crippen LogP contribution in [0.15, 0.2) is 11.4 Å². The summed E-state index contributed by atoms with van der Waals surface area (Å²) in [4.78, 5) is 1.42. The van der Waals surface area contributed by atoms with Crippen LogP contribution in [0.4, 0.5) is 0 Å². The molecule has 1 unspecified atom stereocenters. The van der Waals surface area contributed by atoms with Gasteiger partial charge in [-0.2, -0.15) is 0 Å². The molecule has 1 nitrogen and oxygen atoms in total. The minimum Gasteiger partial charge on any atom is -0.309 e. The third-order valence-electron chi connectivity index (χ3n) is 2.04. The molecular formula is C8H9NS. The molecule has 0 bridgehead atoms. The van der Waals surface area contributed by atoms with E-state index < -0.39 is 0 Å². The highest BCUT2D eigenvalue weighted by Crippen LogP contribution is 2.39. The Balaban J connectivity index is 2.33. The van der Waals surface area contributed by atoms with Gasteiger partial charge in [0.15, 0.2) is 0 Å². The van der Waals surface area contributed by atoms with Gasteiger partial charge < -0.3 is 5.41 Å². The predicted octanol–water partition coefficient (Wildman–Crippen LogP) is 2.43. The van der Waals surface area contributed by atoms with Crippen molar-refractivity contribution in [2.75, 3.05) is 0 Å². The molecule has 2 heteroatoms. The largest absolute Gasteiger partial charge is 0.309 e. The summed E-state index contributed by atoms with van der Waals surface area (Å²) in [5.41, 5.74) is 2.27. The molecule has 2 rings (SSSR count). The van der Waals surface area contributed by atoms with Gasteiger partial charge in [-0.1, -0.05) is 0 Å². The topological polar surface area (TPSA) is 23.9 Å². The molecule has 1 aromatic rings. The summed E-state index contributed by atoms with van der Waals surface area (Å²) < 4.78 is 0. The van der Waals surface area contributed by atoms with E-state index in [0.29, 0.717) is 5.92 Å². The summed E-state index contributed by atoms with van der Waals surface area (Å²) in [7, 11) is 0. The average Bonchev–Trinajstić information content (AvgIpc) is 2.11. The minimum absolute atomic E-state index is 0.468. The van der Waals surface area contributed by atoms with Crippen molar-refractivity contribution in [3.8, 4) is 0 Å². The minimum atomic E-state index is 0.468. The van der Waals surface area contributed by atoms with Gasteiger partial charge in [-0.25, -0.2) is 0 Å². The fraction of sp³-hybridized carbons (Fsp3) is 0.375. The van der Waals surface area contributed by atoms with Gasteiger partial charge >= 0.3 is 0 Å². The Morgan fingerprint density at radius 3 is 3.20 bits per heavy atom. The molecule has 1 atom stereocenters. The highest BCUT2D eigenvalue weighted by atomic mass is 32.1. The van der Waals surface area contributed by atoms with E-state index in [1.54, 1.807) is 11.3 Å². The molecule has 0 spiro atoms. The fourth-order valence-electron chi connectivity index (χ4n) is 1.35. The van der Waals surface area contributed by atoms with E-state index in [-0.39, 0.29) is 0 Å². The first-order chi connectivity index (χ1) is 4.79. The van der Waals surface area contributed by atoms with Crippen LogP contribution in [-0.4, -0.2) is 5.71 Å². The molecule has 1 aromatic heterocycles. The molecule has 1 heterocycles. The Morgan fingerprint density at radius 2 is 2.60 bits per heavy atom. The maximum absolute atomic E-state index is 7.43. The van der Waals surface area contributed by atoms with Crippen LogP contribution in [0, 0.1) is 5.41 Å². The van der Waals surface area contributed by atoms with E-state index >= 15 is 0 Å². The van der Waals surface area contributed by atoms with Crippen LogP contribution < -0.4 is 0 Å². The van der Waals surface area contributed by atoms with Gasteiger partial charge in [0, 0.05) is 16.5 Å². The van der Waals surface area contributed by atoms with E-state index in [4.69, 9.17) is 5.41 Å². The zero-order chi connectivity index (χ0) is 7.14. The van der Waals surface area contributed by atoms with Gasteiger partial charge in [0.25, 0.3) is 0 Å². The first-order valence-corrected chi connectivity index (χ1v) is 4.28. The number of hydrogen-bond donors (Lipinski definition) is 1. The van der Waals surface area contributed by atoms with Crippen molar-refractivity contribution in [3.63, 3.8) is 0 Å². The number of fused-ring (bicyclic) bond motifs is 1. The lowest BCUT2D eigenvalue weighted by Gasteiger charge is -2.24. The smallest absolute Gasteiger partial charge is 0.0351 e. The maximum Gasteiger partial charge on any atom is 0.0351 e. The lowest BCUT2D eigenvalue weighted by atomic mass is 9.82. The SMILES string of the molecule is CC(=N)C1Cc2ccsc21. The fourth-order valence-corrected chi connectivity index (χ4v) is 2.46. The van der Waals surface area contributed by atoms with Crippen LogP contribution in [0.1, 0.15) is 23.3 Å². The van der Waals surface area contributed by atoms with Gasteiger partial charge in [-0.3, -0.25) is 0 Å². The first-order valence-electron chi connectivity index (χ1n) is 3.40.